The van der Waals surface area contributed by atoms with Crippen LogP contribution in [0.2, 0.25) is 0 Å². The highest BCUT2D eigenvalue weighted by Crippen LogP contribution is 2.48. The molecular formula is C7H10F3NO2. The van der Waals surface area contributed by atoms with Gasteiger partial charge in [-0.3, -0.25) is 0 Å². The number of alkyl halides is 3. The van der Waals surface area contributed by atoms with E-state index in [1.807, 2.05) is 0 Å². The standard InChI is InChI=1S/C5H9N.C2HF3O2/c1-2-5(1)3-6-4-5;3-2(4,5)1(6)7/h6H,1-4H2;(H,6,7). The van der Waals surface area contributed by atoms with Crippen molar-refractivity contribution in [2.45, 2.75) is 19.0 Å². The van der Waals surface area contributed by atoms with E-state index in [4.69, 9.17) is 9.90 Å². The summed E-state index contributed by atoms with van der Waals surface area (Å²) in [4.78, 5) is 8.90. The minimum Gasteiger partial charge on any atom is -0.475 e. The number of halogens is 3. The smallest absolute Gasteiger partial charge is 0.475 e. The summed E-state index contributed by atoms with van der Waals surface area (Å²) in [6, 6.07) is 0. The van der Waals surface area contributed by atoms with Crippen LogP contribution in [-0.2, 0) is 4.79 Å². The Bertz CT molecular complexity index is 204. The minimum atomic E-state index is -5.08. The van der Waals surface area contributed by atoms with Gasteiger partial charge in [-0.05, 0) is 18.3 Å². The lowest BCUT2D eigenvalue weighted by Gasteiger charge is -2.26. The van der Waals surface area contributed by atoms with Crippen molar-refractivity contribution in [1.82, 2.24) is 5.32 Å². The molecule has 0 radical (unpaired) electrons. The summed E-state index contributed by atoms with van der Waals surface area (Å²) < 4.78 is 31.7. The molecule has 1 spiro atoms. The maximum absolute atomic E-state index is 10.6. The zero-order valence-electron chi connectivity index (χ0n) is 6.82. The van der Waals surface area contributed by atoms with Crippen LogP contribution in [0.3, 0.4) is 0 Å². The van der Waals surface area contributed by atoms with E-state index in [2.05, 4.69) is 5.32 Å². The first kappa shape index (κ1) is 10.3. The molecule has 0 aromatic rings. The van der Waals surface area contributed by atoms with Gasteiger partial charge in [0.15, 0.2) is 0 Å². The third-order valence-corrected chi connectivity index (χ3v) is 2.20. The van der Waals surface area contributed by atoms with Crippen LogP contribution in [-0.4, -0.2) is 30.3 Å². The van der Waals surface area contributed by atoms with E-state index in [1.165, 1.54) is 25.9 Å². The molecule has 2 N–H and O–H groups in total. The van der Waals surface area contributed by atoms with E-state index in [0.29, 0.717) is 0 Å². The summed E-state index contributed by atoms with van der Waals surface area (Å²) in [5, 5.41) is 10.4. The SMILES string of the molecule is C1CC12CNC2.O=C(O)C(F)(F)F. The van der Waals surface area contributed by atoms with Crippen LogP contribution in [0.15, 0.2) is 0 Å². The van der Waals surface area contributed by atoms with Gasteiger partial charge in [0, 0.05) is 13.1 Å². The van der Waals surface area contributed by atoms with E-state index < -0.39 is 12.1 Å². The van der Waals surface area contributed by atoms with Gasteiger partial charge in [-0.2, -0.15) is 13.2 Å². The molecule has 1 heterocycles. The molecule has 1 saturated heterocycles. The molecule has 6 heteroatoms. The monoisotopic (exact) mass is 197 g/mol. The fourth-order valence-electron chi connectivity index (χ4n) is 1.01. The molecule has 3 nitrogen and oxygen atoms in total. The van der Waals surface area contributed by atoms with Gasteiger partial charge in [-0.25, -0.2) is 4.79 Å². The molecule has 0 unspecified atom stereocenters. The molecule has 76 valence electrons. The number of hydrogen-bond acceptors (Lipinski definition) is 2. The van der Waals surface area contributed by atoms with Crippen molar-refractivity contribution in [2.75, 3.05) is 13.1 Å². The number of aliphatic carboxylic acids is 1. The maximum Gasteiger partial charge on any atom is 0.490 e. The molecule has 0 aromatic heterocycles. The molecule has 0 aromatic carbocycles. The maximum atomic E-state index is 10.6. The molecule has 0 amide bonds. The number of carboxylic acids is 1. The van der Waals surface area contributed by atoms with Gasteiger partial charge in [0.1, 0.15) is 0 Å². The normalized spacial score (nSPS) is 22.7. The summed E-state index contributed by atoms with van der Waals surface area (Å²) in [5.74, 6) is -2.76. The second kappa shape index (κ2) is 3.17. The van der Waals surface area contributed by atoms with E-state index in [9.17, 15) is 13.2 Å². The Balaban J connectivity index is 0.000000130. The Morgan fingerprint density at radius 1 is 1.31 bits per heavy atom. The first-order valence-electron chi connectivity index (χ1n) is 3.87. The summed E-state index contributed by atoms with van der Waals surface area (Å²) >= 11 is 0. The highest BCUT2D eigenvalue weighted by molar-refractivity contribution is 5.73. The second-order valence-corrected chi connectivity index (χ2v) is 3.41. The number of hydrogen-bond donors (Lipinski definition) is 2. The van der Waals surface area contributed by atoms with Crippen molar-refractivity contribution in [3.05, 3.63) is 0 Å². The molecule has 13 heavy (non-hydrogen) atoms. The van der Waals surface area contributed by atoms with Crippen LogP contribution in [0.25, 0.3) is 0 Å². The summed E-state index contributed by atoms with van der Waals surface area (Å²) in [7, 11) is 0. The van der Waals surface area contributed by atoms with Crippen LogP contribution in [0.1, 0.15) is 12.8 Å². The Kier molecular flexibility index (Phi) is 2.51. The number of nitrogens with one attached hydrogen (secondary N) is 1. The average Bonchev–Trinajstić information content (AvgIpc) is 2.61. The first-order chi connectivity index (χ1) is 5.86. The third-order valence-electron chi connectivity index (χ3n) is 2.20. The molecule has 1 aliphatic heterocycles. The summed E-state index contributed by atoms with van der Waals surface area (Å²) in [6.45, 7) is 2.62. The lowest BCUT2D eigenvalue weighted by molar-refractivity contribution is -0.192. The van der Waals surface area contributed by atoms with Crippen LogP contribution in [0.5, 0.6) is 0 Å². The molecule has 1 saturated carbocycles. The fourth-order valence-corrected chi connectivity index (χ4v) is 1.01. The van der Waals surface area contributed by atoms with Crippen molar-refractivity contribution < 1.29 is 23.1 Å². The van der Waals surface area contributed by atoms with Crippen LogP contribution < -0.4 is 5.32 Å². The van der Waals surface area contributed by atoms with Crippen molar-refractivity contribution in [3.8, 4) is 0 Å². The molecule has 0 atom stereocenters. The zero-order valence-corrected chi connectivity index (χ0v) is 6.82. The van der Waals surface area contributed by atoms with Gasteiger partial charge in [-0.1, -0.05) is 0 Å². The molecule has 2 fully saturated rings. The van der Waals surface area contributed by atoms with E-state index in [1.54, 1.807) is 0 Å². The van der Waals surface area contributed by atoms with Crippen molar-refractivity contribution in [3.63, 3.8) is 0 Å². The van der Waals surface area contributed by atoms with Gasteiger partial charge in [0.2, 0.25) is 0 Å². The Morgan fingerprint density at radius 3 is 1.69 bits per heavy atom. The summed E-state index contributed by atoms with van der Waals surface area (Å²) in [6.07, 6.45) is -2.08. The van der Waals surface area contributed by atoms with Gasteiger partial charge in [0.25, 0.3) is 0 Å². The minimum absolute atomic E-state index is 0.861. The van der Waals surface area contributed by atoms with Gasteiger partial charge >= 0.3 is 12.1 Å². The Labute approximate surface area is 72.9 Å². The quantitative estimate of drug-likeness (QED) is 0.609. The van der Waals surface area contributed by atoms with E-state index in [-0.39, 0.29) is 0 Å². The predicted octanol–water partition coefficient (Wildman–Crippen LogP) is 1.00. The number of rotatable bonds is 0. The van der Waals surface area contributed by atoms with Crippen LogP contribution >= 0.6 is 0 Å². The van der Waals surface area contributed by atoms with E-state index in [0.717, 1.165) is 5.41 Å². The molecule has 0 bridgehead atoms. The fraction of sp³-hybridized carbons (Fsp3) is 0.857. The lowest BCUT2D eigenvalue weighted by atomic mass is 10.0. The Morgan fingerprint density at radius 2 is 1.69 bits per heavy atom. The lowest BCUT2D eigenvalue weighted by Crippen LogP contribution is -2.43. The Hall–Kier alpha value is -0.780. The van der Waals surface area contributed by atoms with Crippen LogP contribution in [0, 0.1) is 5.41 Å². The van der Waals surface area contributed by atoms with Crippen LogP contribution in [0.4, 0.5) is 13.2 Å². The molecule has 2 rings (SSSR count). The predicted molar refractivity (Wildman–Crippen MR) is 38.2 cm³/mol. The zero-order chi connectivity index (χ0) is 10.1. The van der Waals surface area contributed by atoms with Gasteiger partial charge < -0.3 is 10.4 Å². The third kappa shape index (κ3) is 2.87. The molecular weight excluding hydrogens is 187 g/mol. The topological polar surface area (TPSA) is 49.3 Å². The van der Waals surface area contributed by atoms with Crippen molar-refractivity contribution in [1.29, 1.82) is 0 Å². The summed E-state index contributed by atoms with van der Waals surface area (Å²) in [5.41, 5.74) is 0.861. The highest BCUT2D eigenvalue weighted by atomic mass is 19.4. The van der Waals surface area contributed by atoms with Gasteiger partial charge in [0.05, 0.1) is 0 Å². The average molecular weight is 197 g/mol. The largest absolute Gasteiger partial charge is 0.490 e. The second-order valence-electron chi connectivity index (χ2n) is 3.41. The van der Waals surface area contributed by atoms with Crippen molar-refractivity contribution >= 4 is 5.97 Å². The highest BCUT2D eigenvalue weighted by Gasteiger charge is 2.47. The van der Waals surface area contributed by atoms with E-state index >= 15 is 0 Å². The first-order valence-corrected chi connectivity index (χ1v) is 3.87. The number of carbonyl (C=O) groups is 1. The van der Waals surface area contributed by atoms with Gasteiger partial charge in [-0.15, -0.1) is 0 Å². The molecule has 2 aliphatic rings. The number of carboxylic acid groups (broad SMARTS) is 1. The van der Waals surface area contributed by atoms with Crippen molar-refractivity contribution in [2.24, 2.45) is 5.41 Å². The molecule has 1 aliphatic carbocycles.